The molecule has 0 saturated heterocycles. The van der Waals surface area contributed by atoms with E-state index in [-0.39, 0.29) is 5.78 Å². The van der Waals surface area contributed by atoms with Crippen LogP contribution in [0.1, 0.15) is 24.2 Å². The molecule has 0 aliphatic carbocycles. The van der Waals surface area contributed by atoms with Crippen LogP contribution >= 0.6 is 0 Å². The van der Waals surface area contributed by atoms with E-state index in [9.17, 15) is 18.0 Å². The van der Waals surface area contributed by atoms with E-state index in [0.717, 1.165) is 10.6 Å². The van der Waals surface area contributed by atoms with Crippen molar-refractivity contribution in [1.29, 1.82) is 0 Å². The number of hydrogen-bond donors (Lipinski definition) is 1. The highest BCUT2D eigenvalue weighted by atomic mass is 32.2. The molecule has 0 spiro atoms. The normalized spacial score (nSPS) is 12.0. The molecule has 32 heavy (non-hydrogen) atoms. The van der Waals surface area contributed by atoms with Gasteiger partial charge in [-0.1, -0.05) is 30.3 Å². The lowest BCUT2D eigenvalue weighted by atomic mass is 10.1. The van der Waals surface area contributed by atoms with Gasteiger partial charge in [0.15, 0.2) is 5.78 Å². The molecule has 0 radical (unpaired) electrons. The van der Waals surface area contributed by atoms with Crippen molar-refractivity contribution in [3.8, 4) is 11.5 Å². The average molecular weight is 453 g/mol. The molecule has 1 N–H and O–H groups in total. The number of carbonyl (C=O) groups is 2. The van der Waals surface area contributed by atoms with E-state index in [1.165, 1.54) is 13.8 Å². The van der Waals surface area contributed by atoms with Gasteiger partial charge in [0.2, 0.25) is 15.9 Å². The van der Waals surface area contributed by atoms with Crippen molar-refractivity contribution < 1.29 is 22.7 Å². The minimum Gasteiger partial charge on any atom is -0.457 e. The quantitative estimate of drug-likeness (QED) is 0.509. The molecule has 0 heterocycles. The number of hydrogen-bond acceptors (Lipinski definition) is 5. The fourth-order valence-electron chi connectivity index (χ4n) is 3.16. The first-order valence-corrected chi connectivity index (χ1v) is 11.7. The van der Waals surface area contributed by atoms with Gasteiger partial charge in [0.05, 0.1) is 11.9 Å². The Morgan fingerprint density at radius 3 is 2.12 bits per heavy atom. The Balaban J connectivity index is 1.80. The van der Waals surface area contributed by atoms with Crippen molar-refractivity contribution >= 4 is 33.1 Å². The smallest absolute Gasteiger partial charge is 0.247 e. The van der Waals surface area contributed by atoms with Gasteiger partial charge in [-0.3, -0.25) is 13.9 Å². The van der Waals surface area contributed by atoms with Gasteiger partial charge in [-0.05, 0) is 62.4 Å². The fraction of sp³-hybridized carbons (Fsp3) is 0.167. The molecule has 1 amide bonds. The van der Waals surface area contributed by atoms with Crippen LogP contribution in [0.4, 0.5) is 11.4 Å². The number of ketones is 1. The number of Topliss-reactive ketones (excluding diaryl/α,β-unsaturated/α-hetero) is 1. The van der Waals surface area contributed by atoms with E-state index in [0.29, 0.717) is 28.4 Å². The number of anilines is 2. The van der Waals surface area contributed by atoms with Crippen molar-refractivity contribution in [3.05, 3.63) is 84.4 Å². The van der Waals surface area contributed by atoms with E-state index < -0.39 is 22.0 Å². The summed E-state index contributed by atoms with van der Waals surface area (Å²) >= 11 is 0. The Bertz CT molecular complexity index is 1210. The molecule has 8 heteroatoms. The van der Waals surface area contributed by atoms with E-state index in [1.807, 2.05) is 30.3 Å². The molecule has 3 aromatic carbocycles. The summed E-state index contributed by atoms with van der Waals surface area (Å²) in [5, 5.41) is 2.68. The third-order valence-corrected chi connectivity index (χ3v) is 5.94. The second-order valence-electron chi connectivity index (χ2n) is 7.27. The second-order valence-corrected chi connectivity index (χ2v) is 9.13. The Morgan fingerprint density at radius 1 is 0.906 bits per heavy atom. The van der Waals surface area contributed by atoms with Crippen molar-refractivity contribution in [2.45, 2.75) is 19.9 Å². The molecule has 0 fully saturated rings. The van der Waals surface area contributed by atoms with Gasteiger partial charge in [0, 0.05) is 11.3 Å². The molecule has 0 unspecified atom stereocenters. The monoisotopic (exact) mass is 452 g/mol. The number of carbonyl (C=O) groups excluding carboxylic acids is 2. The summed E-state index contributed by atoms with van der Waals surface area (Å²) in [6.07, 6.45) is 1.04. The summed E-state index contributed by atoms with van der Waals surface area (Å²) in [5.74, 6) is 0.526. The van der Waals surface area contributed by atoms with Crippen LogP contribution in [0.2, 0.25) is 0 Å². The van der Waals surface area contributed by atoms with Crippen LogP contribution in [0.5, 0.6) is 11.5 Å². The summed E-state index contributed by atoms with van der Waals surface area (Å²) in [7, 11) is -3.77. The Hall–Kier alpha value is -3.65. The predicted molar refractivity (Wildman–Crippen MR) is 125 cm³/mol. The number of para-hydroxylation sites is 1. The molecule has 0 aliphatic heterocycles. The van der Waals surface area contributed by atoms with Crippen LogP contribution in [0.3, 0.4) is 0 Å². The largest absolute Gasteiger partial charge is 0.457 e. The first-order valence-electron chi connectivity index (χ1n) is 9.89. The molecule has 7 nitrogen and oxygen atoms in total. The first-order chi connectivity index (χ1) is 15.1. The van der Waals surface area contributed by atoms with E-state index in [2.05, 4.69) is 5.32 Å². The molecule has 166 valence electrons. The van der Waals surface area contributed by atoms with Crippen molar-refractivity contribution in [2.75, 3.05) is 15.9 Å². The molecule has 0 aromatic heterocycles. The van der Waals surface area contributed by atoms with Crippen LogP contribution in [0.15, 0.2) is 78.9 Å². The number of sulfonamides is 1. The molecule has 0 aliphatic rings. The van der Waals surface area contributed by atoms with Crippen molar-refractivity contribution in [2.24, 2.45) is 0 Å². The van der Waals surface area contributed by atoms with Crippen molar-refractivity contribution in [3.63, 3.8) is 0 Å². The maximum atomic E-state index is 12.8. The maximum Gasteiger partial charge on any atom is 0.247 e. The number of nitrogens with zero attached hydrogens (tertiary/aromatic N) is 1. The van der Waals surface area contributed by atoms with Gasteiger partial charge in [0.1, 0.15) is 17.5 Å². The topological polar surface area (TPSA) is 92.8 Å². The lowest BCUT2D eigenvalue weighted by Gasteiger charge is -2.28. The second kappa shape index (κ2) is 9.65. The zero-order valence-corrected chi connectivity index (χ0v) is 18.8. The summed E-state index contributed by atoms with van der Waals surface area (Å²) in [5.41, 5.74) is 1.19. The van der Waals surface area contributed by atoms with Gasteiger partial charge < -0.3 is 10.1 Å². The number of rotatable bonds is 8. The zero-order chi connectivity index (χ0) is 23.3. The summed E-state index contributed by atoms with van der Waals surface area (Å²) in [4.78, 5) is 24.4. The summed E-state index contributed by atoms with van der Waals surface area (Å²) < 4.78 is 31.8. The highest BCUT2D eigenvalue weighted by Crippen LogP contribution is 2.27. The minimum absolute atomic E-state index is 0.135. The zero-order valence-electron chi connectivity index (χ0n) is 18.0. The Kier molecular flexibility index (Phi) is 6.95. The molecule has 3 rings (SSSR count). The SMILES string of the molecule is CC(=O)c1cccc(NC(=O)[C@H](C)N(c2ccc(Oc3ccccc3)cc2)S(C)(=O)=O)c1. The van der Waals surface area contributed by atoms with Gasteiger partial charge in [-0.15, -0.1) is 0 Å². The standard InChI is InChI=1S/C24H24N2O5S/c1-17(24(28)25-20-9-7-8-19(16-20)18(2)27)26(32(3,29)30)21-12-14-23(15-13-21)31-22-10-5-4-6-11-22/h4-17H,1-3H3,(H,25,28)/t17-/m0/s1. The van der Waals surface area contributed by atoms with Gasteiger partial charge in [-0.2, -0.15) is 0 Å². The van der Waals surface area contributed by atoms with E-state index >= 15 is 0 Å². The molecule has 0 saturated carbocycles. The lowest BCUT2D eigenvalue weighted by Crippen LogP contribution is -2.45. The summed E-state index contributed by atoms with van der Waals surface area (Å²) in [6.45, 7) is 2.93. The Morgan fingerprint density at radius 2 is 1.53 bits per heavy atom. The highest BCUT2D eigenvalue weighted by molar-refractivity contribution is 7.92. The minimum atomic E-state index is -3.77. The Labute approximate surface area is 187 Å². The number of nitrogens with one attached hydrogen (secondary N) is 1. The van der Waals surface area contributed by atoms with Crippen molar-refractivity contribution in [1.82, 2.24) is 0 Å². The van der Waals surface area contributed by atoms with Crippen LogP contribution in [0.25, 0.3) is 0 Å². The van der Waals surface area contributed by atoms with Crippen LogP contribution in [0, 0.1) is 0 Å². The van der Waals surface area contributed by atoms with Crippen LogP contribution in [-0.2, 0) is 14.8 Å². The number of amides is 1. The van der Waals surface area contributed by atoms with Gasteiger partial charge in [-0.25, -0.2) is 8.42 Å². The predicted octanol–water partition coefficient (Wildman–Crippen LogP) is 4.47. The molecule has 0 bridgehead atoms. The summed E-state index contributed by atoms with van der Waals surface area (Å²) in [6, 6.07) is 21.1. The van der Waals surface area contributed by atoms with Crippen LogP contribution < -0.4 is 14.4 Å². The maximum absolute atomic E-state index is 12.8. The van der Waals surface area contributed by atoms with E-state index in [1.54, 1.807) is 48.5 Å². The third kappa shape index (κ3) is 5.73. The first kappa shape index (κ1) is 23.0. The molecule has 3 aromatic rings. The number of ether oxygens (including phenoxy) is 1. The molecule has 1 atom stereocenters. The molecular weight excluding hydrogens is 428 g/mol. The lowest BCUT2D eigenvalue weighted by molar-refractivity contribution is -0.116. The highest BCUT2D eigenvalue weighted by Gasteiger charge is 2.29. The van der Waals surface area contributed by atoms with Gasteiger partial charge >= 0.3 is 0 Å². The third-order valence-electron chi connectivity index (χ3n) is 4.70. The average Bonchev–Trinajstić information content (AvgIpc) is 2.75. The van der Waals surface area contributed by atoms with Gasteiger partial charge in [0.25, 0.3) is 0 Å². The number of benzene rings is 3. The molecular formula is C24H24N2O5S. The van der Waals surface area contributed by atoms with Crippen LogP contribution in [-0.4, -0.2) is 32.4 Å². The van der Waals surface area contributed by atoms with E-state index in [4.69, 9.17) is 4.74 Å². The fourth-order valence-corrected chi connectivity index (χ4v) is 4.33.